The number of para-hydroxylation sites is 1. The van der Waals surface area contributed by atoms with Crippen LogP contribution >= 0.6 is 0 Å². The van der Waals surface area contributed by atoms with Gasteiger partial charge < -0.3 is 15.2 Å². The molecule has 0 radical (unpaired) electrons. The normalized spacial score (nSPS) is 14.4. The number of aromatic nitrogens is 2. The van der Waals surface area contributed by atoms with Gasteiger partial charge in [-0.3, -0.25) is 4.90 Å². The lowest BCUT2D eigenvalue weighted by Crippen LogP contribution is -2.39. The van der Waals surface area contributed by atoms with Crippen LogP contribution in [0.2, 0.25) is 0 Å². The number of aryl methyl sites for hydroxylation is 2. The molecule has 3 aromatic carbocycles. The molecule has 0 amide bonds. The fraction of sp³-hybridized carbons (Fsp3) is 0.242. The molecule has 0 unspecified atom stereocenters. The van der Waals surface area contributed by atoms with Crippen molar-refractivity contribution in [3.63, 3.8) is 0 Å². The summed E-state index contributed by atoms with van der Waals surface area (Å²) in [6.07, 6.45) is 6.58. The van der Waals surface area contributed by atoms with E-state index >= 15 is 0 Å². The van der Waals surface area contributed by atoms with E-state index in [1.54, 1.807) is 42.6 Å². The molecule has 1 fully saturated rings. The van der Waals surface area contributed by atoms with Gasteiger partial charge in [0.25, 0.3) is 0 Å². The first-order valence-electron chi connectivity index (χ1n) is 14.2. The summed E-state index contributed by atoms with van der Waals surface area (Å²) >= 11 is 0. The summed E-state index contributed by atoms with van der Waals surface area (Å²) in [5, 5.41) is 28.2. The third kappa shape index (κ3) is 7.41. The number of nitrogens with one attached hydrogen (secondary N) is 1. The number of aromatic hydroxyl groups is 1. The molecule has 1 aromatic heterocycles. The molecule has 5 rings (SSSR count). The molecule has 0 saturated carbocycles. The smallest absolute Gasteiger partial charge is 0.238 e. The van der Waals surface area contributed by atoms with Gasteiger partial charge in [-0.05, 0) is 85.4 Å². The Kier molecular flexibility index (Phi) is 9.25. The second-order valence-electron chi connectivity index (χ2n) is 10.9. The summed E-state index contributed by atoms with van der Waals surface area (Å²) < 4.78 is 29.5. The van der Waals surface area contributed by atoms with E-state index in [-0.39, 0.29) is 16.7 Å². The number of primary sulfonamides is 1. The SMILES string of the molecule is Cc1cc(/C=C/C#N)cc(C)c1Oc1nc(NC2CCN(Cc3ccc(S(N)(=O)=O)cc3)CC2)ncc1-c1ccccc1O. The number of anilines is 1. The number of likely N-dealkylation sites (tertiary alicyclic amines) is 1. The molecule has 10 nitrogen and oxygen atoms in total. The zero-order chi connectivity index (χ0) is 31.3. The molecule has 1 aliphatic heterocycles. The van der Waals surface area contributed by atoms with Crippen molar-refractivity contribution in [2.75, 3.05) is 18.4 Å². The molecule has 0 spiro atoms. The monoisotopic (exact) mass is 610 g/mol. The van der Waals surface area contributed by atoms with Crippen LogP contribution in [0.3, 0.4) is 0 Å². The fourth-order valence-corrected chi connectivity index (χ4v) is 5.85. The average Bonchev–Trinajstić information content (AvgIpc) is 2.99. The highest BCUT2D eigenvalue weighted by Gasteiger charge is 2.22. The molecule has 1 saturated heterocycles. The van der Waals surface area contributed by atoms with Gasteiger partial charge in [0.1, 0.15) is 11.5 Å². The summed E-state index contributed by atoms with van der Waals surface area (Å²) in [6, 6.07) is 19.7. The number of allylic oxidation sites excluding steroid dienone is 1. The molecule has 11 heteroatoms. The van der Waals surface area contributed by atoms with Gasteiger partial charge in [-0.15, -0.1) is 0 Å². The zero-order valence-electron chi connectivity index (χ0n) is 24.6. The van der Waals surface area contributed by atoms with Crippen LogP contribution in [0.25, 0.3) is 17.2 Å². The van der Waals surface area contributed by atoms with Crippen LogP contribution in [-0.2, 0) is 16.6 Å². The third-order valence-electron chi connectivity index (χ3n) is 7.56. The molecule has 0 bridgehead atoms. The fourth-order valence-electron chi connectivity index (χ4n) is 5.33. The van der Waals surface area contributed by atoms with Crippen molar-refractivity contribution in [2.24, 2.45) is 5.14 Å². The number of hydrogen-bond acceptors (Lipinski definition) is 9. The lowest BCUT2D eigenvalue weighted by Gasteiger charge is -2.32. The Morgan fingerprint density at radius 1 is 1.09 bits per heavy atom. The summed E-state index contributed by atoms with van der Waals surface area (Å²) in [4.78, 5) is 11.8. The maximum atomic E-state index is 11.5. The molecule has 1 aliphatic rings. The molecular weight excluding hydrogens is 576 g/mol. The number of ether oxygens (including phenoxy) is 1. The molecule has 0 aliphatic carbocycles. The molecule has 226 valence electrons. The van der Waals surface area contributed by atoms with Crippen LogP contribution in [0, 0.1) is 25.2 Å². The van der Waals surface area contributed by atoms with Crippen molar-refractivity contribution in [2.45, 2.75) is 44.2 Å². The summed E-state index contributed by atoms with van der Waals surface area (Å²) in [5.41, 5.74) is 4.80. The Labute approximate surface area is 257 Å². The van der Waals surface area contributed by atoms with Gasteiger partial charge in [0.15, 0.2) is 0 Å². The predicted molar refractivity (Wildman–Crippen MR) is 170 cm³/mol. The average molecular weight is 611 g/mol. The number of phenols is 1. The highest BCUT2D eigenvalue weighted by molar-refractivity contribution is 7.89. The molecular formula is C33H34N6O4S. The van der Waals surface area contributed by atoms with E-state index in [0.717, 1.165) is 48.2 Å². The molecule has 0 atom stereocenters. The highest BCUT2D eigenvalue weighted by atomic mass is 32.2. The van der Waals surface area contributed by atoms with Crippen molar-refractivity contribution in [3.05, 3.63) is 95.2 Å². The van der Waals surface area contributed by atoms with E-state index in [0.29, 0.717) is 35.2 Å². The van der Waals surface area contributed by atoms with Crippen molar-refractivity contribution < 1.29 is 18.3 Å². The minimum absolute atomic E-state index is 0.0961. The van der Waals surface area contributed by atoms with Gasteiger partial charge in [-0.1, -0.05) is 30.3 Å². The number of sulfonamides is 1. The van der Waals surface area contributed by atoms with Gasteiger partial charge in [0.05, 0.1) is 16.5 Å². The van der Waals surface area contributed by atoms with Crippen LogP contribution in [-0.4, -0.2) is 47.5 Å². The summed E-state index contributed by atoms with van der Waals surface area (Å²) in [5.74, 6) is 1.49. The topological polar surface area (TPSA) is 154 Å². The van der Waals surface area contributed by atoms with Crippen LogP contribution in [0.4, 0.5) is 5.95 Å². The van der Waals surface area contributed by atoms with Gasteiger partial charge in [0, 0.05) is 43.5 Å². The van der Waals surface area contributed by atoms with Gasteiger partial charge in [-0.25, -0.2) is 18.5 Å². The van der Waals surface area contributed by atoms with Crippen LogP contribution in [0.15, 0.2) is 77.8 Å². The summed E-state index contributed by atoms with van der Waals surface area (Å²) in [7, 11) is -3.71. The number of rotatable bonds is 9. The minimum Gasteiger partial charge on any atom is -0.507 e. The second kappa shape index (κ2) is 13.3. The Hall–Kier alpha value is -4.76. The van der Waals surface area contributed by atoms with Crippen molar-refractivity contribution >= 4 is 22.0 Å². The predicted octanol–water partition coefficient (Wildman–Crippen LogP) is 5.52. The van der Waals surface area contributed by atoms with Gasteiger partial charge >= 0.3 is 0 Å². The van der Waals surface area contributed by atoms with E-state index in [4.69, 9.17) is 20.1 Å². The van der Waals surface area contributed by atoms with Crippen LogP contribution in [0.5, 0.6) is 17.4 Å². The van der Waals surface area contributed by atoms with Crippen molar-refractivity contribution in [1.29, 1.82) is 5.26 Å². The minimum atomic E-state index is -3.71. The Morgan fingerprint density at radius 3 is 2.41 bits per heavy atom. The molecule has 44 heavy (non-hydrogen) atoms. The van der Waals surface area contributed by atoms with E-state index in [9.17, 15) is 13.5 Å². The number of piperidine rings is 1. The number of nitrogens with two attached hydrogens (primary N) is 1. The standard InChI is InChI=1S/C33H34N6O4S/c1-22-18-25(6-5-15-34)19-23(2)31(22)43-32-29(28-7-3-4-8-30(28)40)20-36-33(38-32)37-26-13-16-39(17-14-26)21-24-9-11-27(12-10-24)44(35,41)42/h3-12,18-20,26,40H,13-14,16-17,21H2,1-2H3,(H2,35,41,42)(H,36,37,38)/b6-5+. The maximum absolute atomic E-state index is 11.5. The van der Waals surface area contributed by atoms with Gasteiger partial charge in [-0.2, -0.15) is 10.2 Å². The van der Waals surface area contributed by atoms with Crippen molar-refractivity contribution in [3.8, 4) is 34.6 Å². The van der Waals surface area contributed by atoms with Gasteiger partial charge in [0.2, 0.25) is 21.9 Å². The molecule has 4 aromatic rings. The first kappa shape index (κ1) is 30.7. The van der Waals surface area contributed by atoms with Crippen LogP contribution in [0.1, 0.15) is 35.1 Å². The largest absolute Gasteiger partial charge is 0.507 e. The number of nitriles is 1. The third-order valence-corrected chi connectivity index (χ3v) is 8.49. The zero-order valence-corrected chi connectivity index (χ0v) is 25.4. The van der Waals surface area contributed by atoms with Crippen molar-refractivity contribution in [1.82, 2.24) is 14.9 Å². The second-order valence-corrected chi connectivity index (χ2v) is 12.4. The van der Waals surface area contributed by atoms with E-state index in [1.165, 1.54) is 18.2 Å². The molecule has 4 N–H and O–H groups in total. The Balaban J connectivity index is 1.32. The van der Waals surface area contributed by atoms with Crippen LogP contribution < -0.4 is 15.2 Å². The summed E-state index contributed by atoms with van der Waals surface area (Å²) in [6.45, 7) is 6.28. The Morgan fingerprint density at radius 2 is 1.77 bits per heavy atom. The first-order valence-corrected chi connectivity index (χ1v) is 15.8. The number of benzene rings is 3. The lowest BCUT2D eigenvalue weighted by molar-refractivity contribution is 0.211. The quantitative estimate of drug-likeness (QED) is 0.208. The first-order chi connectivity index (χ1) is 21.1. The van der Waals surface area contributed by atoms with E-state index in [1.807, 2.05) is 38.1 Å². The van der Waals surface area contributed by atoms with E-state index in [2.05, 4.69) is 15.2 Å². The number of phenolic OH excluding ortho intramolecular Hbond substituents is 1. The molecule has 2 heterocycles. The maximum Gasteiger partial charge on any atom is 0.238 e. The highest BCUT2D eigenvalue weighted by Crippen LogP contribution is 2.39. The number of nitrogens with zero attached hydrogens (tertiary/aromatic N) is 4. The number of hydrogen-bond donors (Lipinski definition) is 3. The van der Waals surface area contributed by atoms with E-state index < -0.39 is 10.0 Å². The Bertz CT molecular complexity index is 1800. The lowest BCUT2D eigenvalue weighted by atomic mass is 10.0.